The summed E-state index contributed by atoms with van der Waals surface area (Å²) in [6, 6.07) is 110. The number of fused-ring (bicyclic) bond motifs is 4. The Kier molecular flexibility index (Phi) is 18.0. The van der Waals surface area contributed by atoms with Crippen LogP contribution in [0.3, 0.4) is 0 Å². The lowest BCUT2D eigenvalue weighted by molar-refractivity contribution is 1.30. The molecule has 0 unspecified atom stereocenters. The molecule has 4 heterocycles. The molecule has 0 saturated carbocycles. The van der Waals surface area contributed by atoms with Crippen LogP contribution < -0.4 is 15.1 Å². The van der Waals surface area contributed by atoms with Crippen LogP contribution in [-0.2, 0) is 0 Å². The number of para-hydroxylation sites is 3. The van der Waals surface area contributed by atoms with Crippen molar-refractivity contribution in [2.45, 2.75) is 20.8 Å². The lowest BCUT2D eigenvalue weighted by Gasteiger charge is -2.24. The van der Waals surface area contributed by atoms with Crippen molar-refractivity contribution in [3.63, 3.8) is 0 Å². The molecule has 0 aliphatic carbocycles. The summed E-state index contributed by atoms with van der Waals surface area (Å²) in [6.07, 6.45) is 0. The molecule has 0 fully saturated rings. The highest BCUT2D eigenvalue weighted by molar-refractivity contribution is 9.11. The first-order valence-corrected chi connectivity index (χ1v) is 35.4. The summed E-state index contributed by atoms with van der Waals surface area (Å²) in [4.78, 5) is 4.82. The normalized spacial score (nSPS) is 11.1. The summed E-state index contributed by atoms with van der Waals surface area (Å²) in [5.41, 5.74) is 20.8. The van der Waals surface area contributed by atoms with Crippen LogP contribution in [0.25, 0.3) is 84.9 Å². The van der Waals surface area contributed by atoms with E-state index in [2.05, 4.69) is 359 Å². The second-order valence-corrected chi connectivity index (χ2v) is 29.5. The standard InChI is InChI=1S/C48H36N2S2.C22H12Br2S2.C13H13N/c1-33-17-15-27-39(29-33)49(37-23-11-5-12-24-37)43-31-41-45(35-19-7-3-8-20-35)48-42(46(47(41)51-43)36-21-9-4-10-22-36)32-44(52-48)50(38-25-13-6-14-26-38)40-28-16-18-34(2)30-40;23-17-11-15-19(13-7-3-1-4-8-13)21-16(12-18(24)25-21)20(22(15)26-17)14-9-5-2-6-10-14;1-11-6-5-9-13(10-11)14-12-7-3-2-4-8-12/h3-32H,1-2H3;1-12H;2-10,14H,1H3. The molecule has 3 nitrogen and oxygen atoms in total. The minimum Gasteiger partial charge on any atom is -0.356 e. The Labute approximate surface area is 570 Å². The van der Waals surface area contributed by atoms with Gasteiger partial charge in [-0.15, -0.1) is 45.3 Å². The van der Waals surface area contributed by atoms with E-state index in [1.165, 1.54) is 119 Å². The van der Waals surface area contributed by atoms with Crippen LogP contribution >= 0.6 is 77.2 Å². The van der Waals surface area contributed by atoms with E-state index in [4.69, 9.17) is 0 Å². The van der Waals surface area contributed by atoms with Gasteiger partial charge < -0.3 is 15.1 Å². The average Bonchev–Trinajstić information content (AvgIpc) is 1.57. The van der Waals surface area contributed by atoms with Crippen LogP contribution in [-0.4, -0.2) is 0 Å². The average molecular weight is 1390 g/mol. The molecule has 0 radical (unpaired) electrons. The molecule has 16 rings (SSSR count). The molecule has 0 atom stereocenters. The quantitative estimate of drug-likeness (QED) is 0.132. The van der Waals surface area contributed by atoms with Crippen molar-refractivity contribution in [3.05, 3.63) is 334 Å². The number of hydrogen-bond donors (Lipinski definition) is 1. The van der Waals surface area contributed by atoms with Gasteiger partial charge in [-0.25, -0.2) is 0 Å². The second kappa shape index (κ2) is 27.3. The van der Waals surface area contributed by atoms with Crippen LogP contribution in [0.1, 0.15) is 16.7 Å². The first-order valence-electron chi connectivity index (χ1n) is 30.5. The fourth-order valence-electron chi connectivity index (χ4n) is 12.1. The third-order valence-electron chi connectivity index (χ3n) is 16.1. The number of halogens is 2. The molecule has 12 aromatic carbocycles. The summed E-state index contributed by atoms with van der Waals surface area (Å²) in [7, 11) is 0. The van der Waals surface area contributed by atoms with Crippen molar-refractivity contribution in [3.8, 4) is 44.5 Å². The number of rotatable bonds is 12. The van der Waals surface area contributed by atoms with E-state index in [-0.39, 0.29) is 0 Å². The summed E-state index contributed by atoms with van der Waals surface area (Å²) >= 11 is 14.8. The SMILES string of the molecule is Brc1cc2c(-c3ccccc3)c3sc(Br)cc3c(-c3ccccc3)c2s1.Cc1cccc(N(c2ccccc2)c2cc3c(-c4ccccc4)c4sc(N(c5ccccc5)c5cccc(C)c5)cc4c(-c4ccccc4)c3s2)c1.Cc1cccc(Nc2ccccc2)c1. The largest absolute Gasteiger partial charge is 0.356 e. The van der Waals surface area contributed by atoms with Crippen molar-refractivity contribution in [2.75, 3.05) is 15.1 Å². The number of anilines is 8. The van der Waals surface area contributed by atoms with E-state index in [1.54, 1.807) is 0 Å². The Bertz CT molecular complexity index is 4790. The Hall–Kier alpha value is -9.16. The Morgan fingerprint density at radius 3 is 0.891 bits per heavy atom. The third kappa shape index (κ3) is 12.8. The van der Waals surface area contributed by atoms with Gasteiger partial charge in [0.25, 0.3) is 0 Å². The Morgan fingerprint density at radius 2 is 0.543 bits per heavy atom. The zero-order valence-corrected chi connectivity index (χ0v) is 57.2. The highest BCUT2D eigenvalue weighted by atomic mass is 79.9. The van der Waals surface area contributed by atoms with Crippen LogP contribution in [0.2, 0.25) is 0 Å². The van der Waals surface area contributed by atoms with E-state index in [1.807, 2.05) is 63.5 Å². The molecule has 9 heteroatoms. The smallest absolute Gasteiger partial charge is 0.101 e. The fourth-order valence-corrected chi connectivity index (χ4v) is 18.1. The molecule has 0 saturated heterocycles. The molecule has 0 amide bonds. The molecule has 4 aromatic heterocycles. The predicted molar refractivity (Wildman–Crippen MR) is 411 cm³/mol. The maximum atomic E-state index is 3.73. The van der Waals surface area contributed by atoms with E-state index >= 15 is 0 Å². The van der Waals surface area contributed by atoms with Gasteiger partial charge in [0.05, 0.1) is 7.57 Å². The predicted octanol–water partition coefficient (Wildman–Crippen LogP) is 27.7. The van der Waals surface area contributed by atoms with E-state index < -0.39 is 0 Å². The lowest BCUT2D eigenvalue weighted by atomic mass is 9.93. The summed E-state index contributed by atoms with van der Waals surface area (Å²) in [6.45, 7) is 6.43. The molecule has 92 heavy (non-hydrogen) atoms. The van der Waals surface area contributed by atoms with Crippen molar-refractivity contribution in [2.24, 2.45) is 0 Å². The van der Waals surface area contributed by atoms with E-state index in [0.29, 0.717) is 0 Å². The molecule has 16 aromatic rings. The summed E-state index contributed by atoms with van der Waals surface area (Å²) < 4.78 is 7.57. The number of benzene rings is 12. The number of thiophene rings is 4. The minimum atomic E-state index is 1.12. The summed E-state index contributed by atoms with van der Waals surface area (Å²) in [5, 5.41) is 10.9. The maximum Gasteiger partial charge on any atom is 0.101 e. The molecule has 0 aliphatic heterocycles. The van der Waals surface area contributed by atoms with Gasteiger partial charge in [0, 0.05) is 96.7 Å². The van der Waals surface area contributed by atoms with Crippen LogP contribution in [0.5, 0.6) is 0 Å². The van der Waals surface area contributed by atoms with Gasteiger partial charge in [-0.3, -0.25) is 0 Å². The van der Waals surface area contributed by atoms with Gasteiger partial charge in [-0.1, -0.05) is 212 Å². The number of hydrogen-bond acceptors (Lipinski definition) is 7. The fraction of sp³-hybridized carbons (Fsp3) is 0.0361. The molecule has 446 valence electrons. The van der Waals surface area contributed by atoms with Crippen molar-refractivity contribution >= 4 is 162 Å². The van der Waals surface area contributed by atoms with Gasteiger partial charge in [0.15, 0.2) is 0 Å². The van der Waals surface area contributed by atoms with E-state index in [0.717, 1.165) is 34.1 Å². The first-order chi connectivity index (χ1) is 45.2. The van der Waals surface area contributed by atoms with Crippen LogP contribution in [0.4, 0.5) is 44.1 Å². The van der Waals surface area contributed by atoms with Gasteiger partial charge in [-0.05, 0) is 189 Å². The van der Waals surface area contributed by atoms with Crippen LogP contribution in [0, 0.1) is 20.8 Å². The topological polar surface area (TPSA) is 18.5 Å². The third-order valence-corrected chi connectivity index (χ3v) is 21.7. The highest BCUT2D eigenvalue weighted by Crippen LogP contribution is 2.56. The lowest BCUT2D eigenvalue weighted by Crippen LogP contribution is -2.08. The molecular weight excluding hydrogens is 1330 g/mol. The van der Waals surface area contributed by atoms with Gasteiger partial charge in [0.1, 0.15) is 10.0 Å². The maximum absolute atomic E-state index is 3.73. The number of aryl methyl sites for hydroxylation is 3. The first kappa shape index (κ1) is 60.4. The highest BCUT2D eigenvalue weighted by Gasteiger charge is 2.27. The van der Waals surface area contributed by atoms with E-state index in [9.17, 15) is 0 Å². The monoisotopic (exact) mass is 1390 g/mol. The van der Waals surface area contributed by atoms with Gasteiger partial charge in [0.2, 0.25) is 0 Å². The van der Waals surface area contributed by atoms with Crippen molar-refractivity contribution in [1.29, 1.82) is 0 Å². The zero-order chi connectivity index (χ0) is 62.5. The minimum absolute atomic E-state index is 1.12. The number of nitrogens with zero attached hydrogens (tertiary/aromatic N) is 2. The van der Waals surface area contributed by atoms with Crippen LogP contribution in [0.15, 0.2) is 317 Å². The molecular formula is C83H61Br2N3S4. The molecule has 0 bridgehead atoms. The molecule has 1 N–H and O–H groups in total. The summed E-state index contributed by atoms with van der Waals surface area (Å²) in [5.74, 6) is 0. The molecule has 0 aliphatic rings. The van der Waals surface area contributed by atoms with Gasteiger partial charge >= 0.3 is 0 Å². The zero-order valence-electron chi connectivity index (χ0n) is 50.7. The Balaban J connectivity index is 0.000000150. The van der Waals surface area contributed by atoms with Crippen molar-refractivity contribution < 1.29 is 0 Å². The second-order valence-electron chi connectivity index (χ2n) is 22.6. The van der Waals surface area contributed by atoms with Crippen molar-refractivity contribution in [1.82, 2.24) is 0 Å². The Morgan fingerprint density at radius 1 is 0.261 bits per heavy atom. The van der Waals surface area contributed by atoms with Gasteiger partial charge in [-0.2, -0.15) is 0 Å². The molecule has 0 spiro atoms. The number of nitrogens with one attached hydrogen (secondary N) is 1.